The SMILES string of the molecule is COC(=O)C1CC(C)CC(N)C1. The minimum absolute atomic E-state index is 0.0359. The number of hydrogen-bond donors (Lipinski definition) is 1. The zero-order valence-electron chi connectivity index (χ0n) is 7.75. The van der Waals surface area contributed by atoms with E-state index in [1.807, 2.05) is 0 Å². The van der Waals surface area contributed by atoms with Crippen LogP contribution >= 0.6 is 0 Å². The van der Waals surface area contributed by atoms with Crippen LogP contribution in [0.15, 0.2) is 0 Å². The van der Waals surface area contributed by atoms with Crippen LogP contribution < -0.4 is 5.73 Å². The Kier molecular flexibility index (Phi) is 3.09. The summed E-state index contributed by atoms with van der Waals surface area (Å²) in [6.07, 6.45) is 2.75. The number of methoxy groups -OCH3 is 1. The molecule has 0 radical (unpaired) electrons. The summed E-state index contributed by atoms with van der Waals surface area (Å²) in [6.45, 7) is 2.13. The molecule has 0 aromatic rings. The average molecular weight is 171 g/mol. The lowest BCUT2D eigenvalue weighted by Gasteiger charge is -2.29. The lowest BCUT2D eigenvalue weighted by molar-refractivity contribution is -0.147. The molecule has 0 bridgehead atoms. The molecule has 0 amide bonds. The van der Waals surface area contributed by atoms with Crippen LogP contribution in [-0.4, -0.2) is 19.1 Å². The molecule has 0 aliphatic heterocycles. The minimum atomic E-state index is -0.1000. The largest absolute Gasteiger partial charge is 0.469 e. The fraction of sp³-hybridized carbons (Fsp3) is 0.889. The van der Waals surface area contributed by atoms with Crippen molar-refractivity contribution in [1.29, 1.82) is 0 Å². The molecule has 0 aromatic carbocycles. The first kappa shape index (κ1) is 9.52. The molecule has 3 heteroatoms. The summed E-state index contributed by atoms with van der Waals surface area (Å²) in [5.41, 5.74) is 5.80. The predicted octanol–water partition coefficient (Wildman–Crippen LogP) is 0.923. The van der Waals surface area contributed by atoms with Gasteiger partial charge < -0.3 is 10.5 Å². The van der Waals surface area contributed by atoms with E-state index >= 15 is 0 Å². The van der Waals surface area contributed by atoms with Gasteiger partial charge in [-0.25, -0.2) is 0 Å². The van der Waals surface area contributed by atoms with E-state index in [9.17, 15) is 4.79 Å². The van der Waals surface area contributed by atoms with Gasteiger partial charge in [0.25, 0.3) is 0 Å². The van der Waals surface area contributed by atoms with Gasteiger partial charge in [-0.2, -0.15) is 0 Å². The van der Waals surface area contributed by atoms with Gasteiger partial charge in [-0.3, -0.25) is 4.79 Å². The molecule has 1 fully saturated rings. The predicted molar refractivity (Wildman–Crippen MR) is 46.5 cm³/mol. The second-order valence-corrected chi connectivity index (χ2v) is 3.79. The van der Waals surface area contributed by atoms with Gasteiger partial charge >= 0.3 is 5.97 Å². The molecule has 3 atom stereocenters. The second kappa shape index (κ2) is 3.90. The van der Waals surface area contributed by atoms with Gasteiger partial charge in [-0.05, 0) is 25.2 Å². The first-order valence-corrected chi connectivity index (χ1v) is 4.47. The third-order valence-electron chi connectivity index (χ3n) is 2.51. The van der Waals surface area contributed by atoms with E-state index in [2.05, 4.69) is 6.92 Å². The molecule has 0 aromatic heterocycles. The van der Waals surface area contributed by atoms with Crippen LogP contribution in [0.25, 0.3) is 0 Å². The van der Waals surface area contributed by atoms with E-state index in [-0.39, 0.29) is 17.9 Å². The van der Waals surface area contributed by atoms with Crippen molar-refractivity contribution < 1.29 is 9.53 Å². The Balaban J connectivity index is 2.49. The molecule has 0 heterocycles. The number of carbonyl (C=O) groups excluding carboxylic acids is 1. The van der Waals surface area contributed by atoms with Gasteiger partial charge in [0.2, 0.25) is 0 Å². The summed E-state index contributed by atoms with van der Waals surface area (Å²) in [5.74, 6) is 0.489. The summed E-state index contributed by atoms with van der Waals surface area (Å²) < 4.78 is 4.69. The van der Waals surface area contributed by atoms with Crippen molar-refractivity contribution in [3.63, 3.8) is 0 Å². The molecule has 1 aliphatic carbocycles. The average Bonchev–Trinajstić information content (AvgIpc) is 2.01. The van der Waals surface area contributed by atoms with Gasteiger partial charge in [0, 0.05) is 6.04 Å². The highest BCUT2D eigenvalue weighted by Crippen LogP contribution is 2.28. The van der Waals surface area contributed by atoms with E-state index in [0.29, 0.717) is 5.92 Å². The lowest BCUT2D eigenvalue weighted by Crippen LogP contribution is -2.35. The molecule has 0 spiro atoms. The maximum absolute atomic E-state index is 11.2. The van der Waals surface area contributed by atoms with Crippen LogP contribution in [-0.2, 0) is 9.53 Å². The Hall–Kier alpha value is -0.570. The van der Waals surface area contributed by atoms with Gasteiger partial charge in [-0.15, -0.1) is 0 Å². The highest BCUT2D eigenvalue weighted by molar-refractivity contribution is 5.72. The standard InChI is InChI=1S/C9H17NO2/c1-6-3-7(9(11)12-2)5-8(10)4-6/h6-8H,3-5,10H2,1-2H3. The highest BCUT2D eigenvalue weighted by atomic mass is 16.5. The quantitative estimate of drug-likeness (QED) is 0.597. The van der Waals surface area contributed by atoms with Crippen molar-refractivity contribution in [2.45, 2.75) is 32.2 Å². The molecule has 1 rings (SSSR count). The maximum atomic E-state index is 11.2. The smallest absolute Gasteiger partial charge is 0.308 e. The van der Waals surface area contributed by atoms with Crippen molar-refractivity contribution >= 4 is 5.97 Å². The zero-order chi connectivity index (χ0) is 9.14. The fourth-order valence-corrected chi connectivity index (χ4v) is 2.02. The molecular formula is C9H17NO2. The van der Waals surface area contributed by atoms with Crippen molar-refractivity contribution in [3.05, 3.63) is 0 Å². The first-order chi connectivity index (χ1) is 5.63. The number of esters is 1. The molecule has 12 heavy (non-hydrogen) atoms. The third-order valence-corrected chi connectivity index (χ3v) is 2.51. The maximum Gasteiger partial charge on any atom is 0.308 e. The Morgan fingerprint density at radius 1 is 1.42 bits per heavy atom. The summed E-state index contributed by atoms with van der Waals surface area (Å²) in [7, 11) is 1.44. The normalized spacial score (nSPS) is 36.1. The van der Waals surface area contributed by atoms with E-state index in [1.54, 1.807) is 0 Å². The monoisotopic (exact) mass is 171 g/mol. The fourth-order valence-electron chi connectivity index (χ4n) is 2.02. The topological polar surface area (TPSA) is 52.3 Å². The van der Waals surface area contributed by atoms with E-state index < -0.39 is 0 Å². The molecule has 70 valence electrons. The second-order valence-electron chi connectivity index (χ2n) is 3.79. The van der Waals surface area contributed by atoms with Crippen LogP contribution in [0.3, 0.4) is 0 Å². The summed E-state index contributed by atoms with van der Waals surface area (Å²) in [4.78, 5) is 11.2. The first-order valence-electron chi connectivity index (χ1n) is 4.47. The number of rotatable bonds is 1. The van der Waals surface area contributed by atoms with E-state index in [0.717, 1.165) is 19.3 Å². The summed E-state index contributed by atoms with van der Waals surface area (Å²) >= 11 is 0. The Morgan fingerprint density at radius 3 is 2.58 bits per heavy atom. The molecular weight excluding hydrogens is 154 g/mol. The Labute approximate surface area is 73.3 Å². The summed E-state index contributed by atoms with van der Waals surface area (Å²) in [5, 5.41) is 0. The van der Waals surface area contributed by atoms with Crippen LogP contribution in [0, 0.1) is 11.8 Å². The number of carbonyl (C=O) groups is 1. The van der Waals surface area contributed by atoms with Crippen LogP contribution in [0.5, 0.6) is 0 Å². The molecule has 0 saturated heterocycles. The van der Waals surface area contributed by atoms with Crippen LogP contribution in [0.2, 0.25) is 0 Å². The van der Waals surface area contributed by atoms with Gasteiger partial charge in [0.15, 0.2) is 0 Å². The molecule has 1 aliphatic rings. The molecule has 3 nitrogen and oxygen atoms in total. The van der Waals surface area contributed by atoms with Crippen molar-refractivity contribution in [2.75, 3.05) is 7.11 Å². The van der Waals surface area contributed by atoms with Crippen molar-refractivity contribution in [3.8, 4) is 0 Å². The molecule has 3 unspecified atom stereocenters. The van der Waals surface area contributed by atoms with Gasteiger partial charge in [0.1, 0.15) is 0 Å². The van der Waals surface area contributed by atoms with E-state index in [1.165, 1.54) is 7.11 Å². The third kappa shape index (κ3) is 2.21. The highest BCUT2D eigenvalue weighted by Gasteiger charge is 2.29. The van der Waals surface area contributed by atoms with E-state index in [4.69, 9.17) is 10.5 Å². The van der Waals surface area contributed by atoms with Gasteiger partial charge in [-0.1, -0.05) is 6.92 Å². The molecule has 2 N–H and O–H groups in total. The number of ether oxygens (including phenoxy) is 1. The van der Waals surface area contributed by atoms with Crippen molar-refractivity contribution in [2.24, 2.45) is 17.6 Å². The van der Waals surface area contributed by atoms with Gasteiger partial charge in [0.05, 0.1) is 13.0 Å². The van der Waals surface area contributed by atoms with Crippen molar-refractivity contribution in [1.82, 2.24) is 0 Å². The number of nitrogens with two attached hydrogens (primary N) is 1. The molecule has 1 saturated carbocycles. The minimum Gasteiger partial charge on any atom is -0.469 e. The number of hydrogen-bond acceptors (Lipinski definition) is 3. The van der Waals surface area contributed by atoms with Crippen LogP contribution in [0.4, 0.5) is 0 Å². The van der Waals surface area contributed by atoms with Crippen LogP contribution in [0.1, 0.15) is 26.2 Å². The Bertz CT molecular complexity index is 160. The zero-order valence-corrected chi connectivity index (χ0v) is 7.75. The Morgan fingerprint density at radius 2 is 2.08 bits per heavy atom. The summed E-state index contributed by atoms with van der Waals surface area (Å²) in [6, 6.07) is 0.179. The lowest BCUT2D eigenvalue weighted by atomic mass is 9.80.